The number of aromatic hydroxyl groups is 1. The van der Waals surface area contributed by atoms with Gasteiger partial charge in [-0.2, -0.15) is 13.5 Å². The second kappa shape index (κ2) is 10.6. The Labute approximate surface area is 218 Å². The number of fused-ring (bicyclic) bond motifs is 1. The zero-order valence-electron chi connectivity index (χ0n) is 19.8. The number of halogens is 1. The number of phenols is 1. The smallest absolute Gasteiger partial charge is 0.294 e. The van der Waals surface area contributed by atoms with Gasteiger partial charge in [0.25, 0.3) is 16.0 Å². The molecule has 0 aliphatic carbocycles. The summed E-state index contributed by atoms with van der Waals surface area (Å²) >= 11 is 6.12. The lowest BCUT2D eigenvalue weighted by molar-refractivity contribution is 0.102. The Morgan fingerprint density at radius 3 is 2.54 bits per heavy atom. The number of nitrogens with one attached hydrogen (secondary N) is 1. The highest BCUT2D eigenvalue weighted by atomic mass is 35.5. The molecule has 0 saturated carbocycles. The van der Waals surface area contributed by atoms with Gasteiger partial charge in [0.2, 0.25) is 0 Å². The largest absolute Gasteiger partial charge is 0.505 e. The number of benzene rings is 4. The summed E-state index contributed by atoms with van der Waals surface area (Å²) in [6, 6.07) is 17.5. The average molecular weight is 540 g/mol. The maximum Gasteiger partial charge on any atom is 0.294 e. The van der Waals surface area contributed by atoms with Crippen LogP contribution in [0, 0.1) is 6.92 Å². The molecular weight excluding hydrogens is 518 g/mol. The molecule has 0 aliphatic heterocycles. The maximum atomic E-state index is 13.1. The van der Waals surface area contributed by atoms with E-state index in [2.05, 4.69) is 15.5 Å². The molecule has 0 heterocycles. The molecule has 0 atom stereocenters. The van der Waals surface area contributed by atoms with Gasteiger partial charge in [-0.05, 0) is 55.1 Å². The van der Waals surface area contributed by atoms with E-state index in [1.54, 1.807) is 55.5 Å². The Morgan fingerprint density at radius 1 is 1.05 bits per heavy atom. The van der Waals surface area contributed by atoms with Gasteiger partial charge in [0.05, 0.1) is 22.8 Å². The average Bonchev–Trinajstić information content (AvgIpc) is 2.85. The Kier molecular flexibility index (Phi) is 7.44. The van der Waals surface area contributed by atoms with Crippen molar-refractivity contribution >= 4 is 55.5 Å². The number of ether oxygens (including phenoxy) is 1. The van der Waals surface area contributed by atoms with Crippen molar-refractivity contribution in [1.82, 2.24) is 0 Å². The van der Waals surface area contributed by atoms with Crippen LogP contribution >= 0.6 is 11.6 Å². The SMILES string of the molecule is CCOc1cccc(NC(=O)c2cc3ccccc3c(N=Nc3cc(S(=O)(=O)O)cc(Cl)c3C)c2O)c1. The number of carbonyl (C=O) groups excluding carboxylic acids is 1. The third-order valence-corrected chi connectivity index (χ3v) is 6.71. The van der Waals surface area contributed by atoms with Crippen molar-refractivity contribution in [2.24, 2.45) is 10.2 Å². The highest BCUT2D eigenvalue weighted by molar-refractivity contribution is 7.85. The van der Waals surface area contributed by atoms with Crippen molar-refractivity contribution in [3.05, 3.63) is 82.9 Å². The standard InChI is InChI=1S/C26H22ClN3O6S/c1-3-36-18-9-6-8-17(12-18)28-26(32)21-11-16-7-4-5-10-20(16)24(25(21)31)30-29-23-14-19(37(33,34)35)13-22(27)15(23)2/h4-14,31H,3H2,1-2H3,(H,28,32)(H,33,34,35). The fourth-order valence-electron chi connectivity index (χ4n) is 3.62. The number of carbonyl (C=O) groups is 1. The highest BCUT2D eigenvalue weighted by Gasteiger charge is 2.20. The third-order valence-electron chi connectivity index (χ3n) is 5.49. The number of hydrogen-bond acceptors (Lipinski definition) is 7. The van der Waals surface area contributed by atoms with E-state index in [4.69, 9.17) is 16.3 Å². The Bertz CT molecular complexity index is 1650. The third kappa shape index (κ3) is 5.72. The molecule has 0 bridgehead atoms. The first-order chi connectivity index (χ1) is 17.6. The molecule has 4 rings (SSSR count). The summed E-state index contributed by atoms with van der Waals surface area (Å²) in [5.74, 6) is -0.421. The maximum absolute atomic E-state index is 13.1. The fraction of sp³-hybridized carbons (Fsp3) is 0.115. The summed E-state index contributed by atoms with van der Waals surface area (Å²) in [5.41, 5.74) is 0.893. The lowest BCUT2D eigenvalue weighted by atomic mass is 10.0. The summed E-state index contributed by atoms with van der Waals surface area (Å²) < 4.78 is 38.1. The van der Waals surface area contributed by atoms with Crippen LogP contribution in [0.2, 0.25) is 5.02 Å². The molecule has 0 fully saturated rings. The van der Waals surface area contributed by atoms with E-state index >= 15 is 0 Å². The first kappa shape index (κ1) is 26.1. The Hall–Kier alpha value is -3.99. The monoisotopic (exact) mass is 539 g/mol. The minimum Gasteiger partial charge on any atom is -0.505 e. The summed E-state index contributed by atoms with van der Waals surface area (Å²) in [7, 11) is -4.54. The van der Waals surface area contributed by atoms with Crippen LogP contribution < -0.4 is 10.1 Å². The zero-order chi connectivity index (χ0) is 26.7. The summed E-state index contributed by atoms with van der Waals surface area (Å²) in [4.78, 5) is 12.7. The predicted molar refractivity (Wildman–Crippen MR) is 141 cm³/mol. The van der Waals surface area contributed by atoms with Gasteiger partial charge in [-0.15, -0.1) is 5.11 Å². The molecule has 190 valence electrons. The van der Waals surface area contributed by atoms with Crippen LogP contribution in [-0.2, 0) is 10.1 Å². The molecule has 0 saturated heterocycles. The van der Waals surface area contributed by atoms with Crippen molar-refractivity contribution < 1.29 is 27.6 Å². The van der Waals surface area contributed by atoms with Crippen LogP contribution in [-0.4, -0.2) is 30.6 Å². The lowest BCUT2D eigenvalue weighted by Crippen LogP contribution is -2.12. The van der Waals surface area contributed by atoms with Crippen molar-refractivity contribution in [3.8, 4) is 11.5 Å². The molecule has 11 heteroatoms. The first-order valence-electron chi connectivity index (χ1n) is 11.1. The molecule has 9 nitrogen and oxygen atoms in total. The molecule has 0 aromatic heterocycles. The topological polar surface area (TPSA) is 138 Å². The molecule has 0 spiro atoms. The number of phenolic OH excluding ortho intramolecular Hbond substituents is 1. The van der Waals surface area contributed by atoms with Gasteiger partial charge in [0.15, 0.2) is 5.75 Å². The van der Waals surface area contributed by atoms with Crippen LogP contribution in [0.15, 0.2) is 81.9 Å². The Balaban J connectivity index is 1.79. The molecule has 4 aromatic rings. The van der Waals surface area contributed by atoms with Crippen LogP contribution in [0.5, 0.6) is 11.5 Å². The first-order valence-corrected chi connectivity index (χ1v) is 12.9. The Morgan fingerprint density at radius 2 is 1.81 bits per heavy atom. The van der Waals surface area contributed by atoms with E-state index in [1.165, 1.54) is 6.07 Å². The summed E-state index contributed by atoms with van der Waals surface area (Å²) in [6.07, 6.45) is 0. The van der Waals surface area contributed by atoms with Gasteiger partial charge >= 0.3 is 0 Å². The molecule has 0 aliphatic rings. The molecule has 0 radical (unpaired) electrons. The zero-order valence-corrected chi connectivity index (χ0v) is 21.3. The van der Waals surface area contributed by atoms with Crippen LogP contribution in [0.3, 0.4) is 0 Å². The number of azo groups is 1. The number of nitrogens with zero attached hydrogens (tertiary/aromatic N) is 2. The van der Waals surface area contributed by atoms with E-state index in [9.17, 15) is 22.9 Å². The van der Waals surface area contributed by atoms with E-state index in [0.717, 1.165) is 12.1 Å². The second-order valence-corrected chi connectivity index (χ2v) is 9.81. The number of rotatable bonds is 7. The van der Waals surface area contributed by atoms with Gasteiger partial charge in [0, 0.05) is 22.2 Å². The van der Waals surface area contributed by atoms with E-state index in [1.807, 2.05) is 6.92 Å². The minimum atomic E-state index is -4.54. The number of amides is 1. The molecule has 37 heavy (non-hydrogen) atoms. The molecule has 3 N–H and O–H groups in total. The van der Waals surface area contributed by atoms with Crippen molar-refractivity contribution in [3.63, 3.8) is 0 Å². The van der Waals surface area contributed by atoms with Gasteiger partial charge in [-0.3, -0.25) is 9.35 Å². The van der Waals surface area contributed by atoms with Crippen molar-refractivity contribution in [2.75, 3.05) is 11.9 Å². The van der Waals surface area contributed by atoms with Gasteiger partial charge in [-0.1, -0.05) is 41.9 Å². The normalized spacial score (nSPS) is 11.7. The van der Waals surface area contributed by atoms with Gasteiger partial charge in [0.1, 0.15) is 11.4 Å². The molecule has 4 aromatic carbocycles. The van der Waals surface area contributed by atoms with Crippen LogP contribution in [0.25, 0.3) is 10.8 Å². The quantitative estimate of drug-likeness (QED) is 0.174. The predicted octanol–water partition coefficient (Wildman–Crippen LogP) is 6.82. The van der Waals surface area contributed by atoms with Crippen molar-refractivity contribution in [2.45, 2.75) is 18.7 Å². The van der Waals surface area contributed by atoms with Gasteiger partial charge < -0.3 is 15.2 Å². The van der Waals surface area contributed by atoms with Crippen LogP contribution in [0.4, 0.5) is 17.1 Å². The van der Waals surface area contributed by atoms with Gasteiger partial charge in [-0.25, -0.2) is 0 Å². The number of anilines is 1. The lowest BCUT2D eigenvalue weighted by Gasteiger charge is -2.12. The summed E-state index contributed by atoms with van der Waals surface area (Å²) in [5, 5.41) is 23.2. The second-order valence-electron chi connectivity index (χ2n) is 7.98. The van der Waals surface area contributed by atoms with Crippen LogP contribution in [0.1, 0.15) is 22.8 Å². The highest BCUT2D eigenvalue weighted by Crippen LogP contribution is 2.40. The van der Waals surface area contributed by atoms with Crippen molar-refractivity contribution in [1.29, 1.82) is 0 Å². The van der Waals surface area contributed by atoms with E-state index in [0.29, 0.717) is 34.4 Å². The van der Waals surface area contributed by atoms with E-state index in [-0.39, 0.29) is 22.0 Å². The minimum absolute atomic E-state index is 0.000835. The molecule has 0 unspecified atom stereocenters. The fourth-order valence-corrected chi connectivity index (χ4v) is 4.42. The molecule has 1 amide bonds. The number of hydrogen-bond donors (Lipinski definition) is 3. The summed E-state index contributed by atoms with van der Waals surface area (Å²) in [6.45, 7) is 3.92. The molecular formula is C26H22ClN3O6S. The van der Waals surface area contributed by atoms with E-state index < -0.39 is 26.7 Å².